The van der Waals surface area contributed by atoms with Crippen molar-refractivity contribution in [2.75, 3.05) is 23.7 Å². The lowest BCUT2D eigenvalue weighted by Crippen LogP contribution is -2.50. The van der Waals surface area contributed by atoms with Crippen molar-refractivity contribution in [3.8, 4) is 0 Å². The Kier molecular flexibility index (Phi) is 11.2. The van der Waals surface area contributed by atoms with Gasteiger partial charge in [0.15, 0.2) is 0 Å². The Morgan fingerprint density at radius 1 is 0.952 bits per heavy atom. The van der Waals surface area contributed by atoms with Gasteiger partial charge in [-0.15, -0.1) is 0 Å². The quantitative estimate of drug-likeness (QED) is 0.286. The summed E-state index contributed by atoms with van der Waals surface area (Å²) in [7, 11) is -3.95. The molecule has 0 aliphatic rings. The van der Waals surface area contributed by atoms with Gasteiger partial charge >= 0.3 is 6.18 Å². The van der Waals surface area contributed by atoms with Crippen LogP contribution >= 0.6 is 0 Å². The number of benzene rings is 3. The molecule has 0 saturated carbocycles. The highest BCUT2D eigenvalue weighted by atomic mass is 32.2. The van der Waals surface area contributed by atoms with Gasteiger partial charge in [0.25, 0.3) is 0 Å². The summed E-state index contributed by atoms with van der Waals surface area (Å²) >= 11 is 0. The van der Waals surface area contributed by atoms with Gasteiger partial charge < -0.3 is 10.2 Å². The Hall–Kier alpha value is -3.86. The molecule has 0 radical (unpaired) electrons. The van der Waals surface area contributed by atoms with E-state index in [2.05, 4.69) is 5.32 Å². The molecule has 1 N–H and O–H groups in total. The normalized spacial score (nSPS) is 12.4. The van der Waals surface area contributed by atoms with Crippen molar-refractivity contribution in [3.05, 3.63) is 101 Å². The summed E-state index contributed by atoms with van der Waals surface area (Å²) in [6.45, 7) is 4.02. The zero-order valence-electron chi connectivity index (χ0n) is 23.9. The van der Waals surface area contributed by atoms with Crippen molar-refractivity contribution >= 4 is 27.5 Å². The van der Waals surface area contributed by atoms with E-state index in [0.717, 1.165) is 45.5 Å². The molecule has 11 heteroatoms. The van der Waals surface area contributed by atoms with E-state index < -0.39 is 27.8 Å². The number of aryl methyl sites for hydroxylation is 1. The van der Waals surface area contributed by atoms with E-state index in [1.807, 2.05) is 61.5 Å². The third-order valence-corrected chi connectivity index (χ3v) is 8.03. The highest BCUT2D eigenvalue weighted by Crippen LogP contribution is 2.32. The Labute approximate surface area is 245 Å². The Bertz CT molecular complexity index is 1460. The summed E-state index contributed by atoms with van der Waals surface area (Å²) in [5.74, 6) is -0.687. The number of alkyl halides is 3. The third-order valence-electron chi connectivity index (χ3n) is 6.84. The predicted octanol–water partition coefficient (Wildman–Crippen LogP) is 5.34. The van der Waals surface area contributed by atoms with Gasteiger partial charge in [-0.1, -0.05) is 60.7 Å². The number of amides is 2. The largest absolute Gasteiger partial charge is 0.416 e. The fraction of sp³-hybridized carbons (Fsp3) is 0.355. The van der Waals surface area contributed by atoms with E-state index in [-0.39, 0.29) is 49.9 Å². The molecule has 3 aromatic rings. The zero-order valence-corrected chi connectivity index (χ0v) is 24.7. The molecule has 0 saturated heterocycles. The molecule has 42 heavy (non-hydrogen) atoms. The number of likely N-dealkylation sites (N-methyl/N-ethyl adjacent to an activating group) is 1. The molecular formula is C31H36F3N3O4S. The second kappa shape index (κ2) is 14.4. The van der Waals surface area contributed by atoms with Crippen molar-refractivity contribution < 1.29 is 31.2 Å². The first-order valence-electron chi connectivity index (χ1n) is 13.6. The summed E-state index contributed by atoms with van der Waals surface area (Å²) in [5, 5.41) is 2.82. The number of rotatable bonds is 13. The number of halogens is 3. The Morgan fingerprint density at radius 2 is 1.62 bits per heavy atom. The van der Waals surface area contributed by atoms with Gasteiger partial charge in [0.2, 0.25) is 21.8 Å². The van der Waals surface area contributed by atoms with Gasteiger partial charge in [-0.3, -0.25) is 13.9 Å². The van der Waals surface area contributed by atoms with Crippen LogP contribution in [-0.4, -0.2) is 50.5 Å². The van der Waals surface area contributed by atoms with E-state index in [4.69, 9.17) is 0 Å². The molecule has 226 valence electrons. The molecule has 0 aliphatic carbocycles. The second-order valence-corrected chi connectivity index (χ2v) is 11.9. The van der Waals surface area contributed by atoms with E-state index in [1.165, 1.54) is 11.0 Å². The standard InChI is InChI=1S/C31H36F3N3O4S/c1-4-35-30(39)28(20-24-13-6-5-7-14-24)36(22-25-15-9-8-12-23(25)2)29(38)18-11-19-37(42(3,40)41)27-17-10-16-26(21-27)31(32,33)34/h5-10,12-17,21,28H,4,11,18-20,22H2,1-3H3,(H,35,39). The van der Waals surface area contributed by atoms with Crippen LogP contribution < -0.4 is 9.62 Å². The number of anilines is 1. The lowest BCUT2D eigenvalue weighted by atomic mass is 10.0. The summed E-state index contributed by atoms with van der Waals surface area (Å²) < 4.78 is 65.8. The first-order valence-corrected chi connectivity index (χ1v) is 15.5. The zero-order chi connectivity index (χ0) is 30.9. The first kappa shape index (κ1) is 32.7. The van der Waals surface area contributed by atoms with E-state index in [9.17, 15) is 31.2 Å². The minimum absolute atomic E-state index is 0.0277. The van der Waals surface area contributed by atoms with Crippen molar-refractivity contribution in [1.29, 1.82) is 0 Å². The minimum atomic E-state index is -4.64. The average molecular weight is 604 g/mol. The maximum Gasteiger partial charge on any atom is 0.416 e. The van der Waals surface area contributed by atoms with Crippen LogP contribution in [0.3, 0.4) is 0 Å². The molecule has 0 fully saturated rings. The molecular weight excluding hydrogens is 567 g/mol. The monoisotopic (exact) mass is 603 g/mol. The number of nitrogens with one attached hydrogen (secondary N) is 1. The van der Waals surface area contributed by atoms with E-state index >= 15 is 0 Å². The van der Waals surface area contributed by atoms with Crippen LogP contribution in [-0.2, 0) is 38.8 Å². The summed E-state index contributed by atoms with van der Waals surface area (Å²) in [6.07, 6.45) is -3.56. The van der Waals surface area contributed by atoms with Gasteiger partial charge in [-0.25, -0.2) is 8.42 Å². The molecule has 0 heterocycles. The van der Waals surface area contributed by atoms with Crippen molar-refractivity contribution in [2.45, 2.75) is 51.9 Å². The number of carbonyl (C=O) groups excluding carboxylic acids is 2. The Morgan fingerprint density at radius 3 is 2.24 bits per heavy atom. The average Bonchev–Trinajstić information content (AvgIpc) is 2.93. The number of hydrogen-bond acceptors (Lipinski definition) is 4. The first-order chi connectivity index (χ1) is 19.8. The van der Waals surface area contributed by atoms with Gasteiger partial charge in [-0.05, 0) is 55.2 Å². The van der Waals surface area contributed by atoms with E-state index in [1.54, 1.807) is 6.92 Å². The van der Waals surface area contributed by atoms with Crippen LogP contribution in [0.5, 0.6) is 0 Å². The number of nitrogens with zero attached hydrogens (tertiary/aromatic N) is 2. The smallest absolute Gasteiger partial charge is 0.355 e. The van der Waals surface area contributed by atoms with Crippen LogP contribution in [0.15, 0.2) is 78.9 Å². The van der Waals surface area contributed by atoms with Gasteiger partial charge in [0.1, 0.15) is 6.04 Å². The Balaban J connectivity index is 1.88. The predicted molar refractivity (Wildman–Crippen MR) is 157 cm³/mol. The molecule has 1 atom stereocenters. The van der Waals surface area contributed by atoms with Crippen molar-refractivity contribution in [2.24, 2.45) is 0 Å². The van der Waals surface area contributed by atoms with Crippen LogP contribution in [0.25, 0.3) is 0 Å². The molecule has 2 amide bonds. The van der Waals surface area contributed by atoms with E-state index in [0.29, 0.717) is 6.54 Å². The van der Waals surface area contributed by atoms with Crippen LogP contribution in [0, 0.1) is 6.92 Å². The molecule has 3 rings (SSSR count). The molecule has 0 spiro atoms. The minimum Gasteiger partial charge on any atom is -0.355 e. The highest BCUT2D eigenvalue weighted by Gasteiger charge is 2.32. The molecule has 0 bridgehead atoms. The SMILES string of the molecule is CCNC(=O)C(Cc1ccccc1)N(Cc1ccccc1C)C(=O)CCCN(c1cccc(C(F)(F)F)c1)S(C)(=O)=O. The van der Waals surface area contributed by atoms with Gasteiger partial charge in [-0.2, -0.15) is 13.2 Å². The maximum absolute atomic E-state index is 13.8. The van der Waals surface area contributed by atoms with Crippen molar-refractivity contribution in [3.63, 3.8) is 0 Å². The second-order valence-electron chi connectivity index (χ2n) is 10.0. The van der Waals surface area contributed by atoms with Crippen molar-refractivity contribution in [1.82, 2.24) is 10.2 Å². The molecule has 0 aromatic heterocycles. The summed E-state index contributed by atoms with van der Waals surface area (Å²) in [6, 6.07) is 20.1. The lowest BCUT2D eigenvalue weighted by molar-refractivity contribution is -0.141. The van der Waals surface area contributed by atoms with Crippen LogP contribution in [0.1, 0.15) is 42.0 Å². The third kappa shape index (κ3) is 9.07. The lowest BCUT2D eigenvalue weighted by Gasteiger charge is -2.32. The number of sulfonamides is 1. The highest BCUT2D eigenvalue weighted by molar-refractivity contribution is 7.92. The summed E-state index contributed by atoms with van der Waals surface area (Å²) in [5.41, 5.74) is 1.55. The van der Waals surface area contributed by atoms with Gasteiger partial charge in [0, 0.05) is 32.5 Å². The molecule has 7 nitrogen and oxygen atoms in total. The molecule has 1 unspecified atom stereocenters. The van der Waals surface area contributed by atoms with Gasteiger partial charge in [0.05, 0.1) is 17.5 Å². The fourth-order valence-corrected chi connectivity index (χ4v) is 5.62. The van der Waals surface area contributed by atoms with Crippen LogP contribution in [0.2, 0.25) is 0 Å². The van der Waals surface area contributed by atoms with Crippen LogP contribution in [0.4, 0.5) is 18.9 Å². The molecule has 3 aromatic carbocycles. The maximum atomic E-state index is 13.8. The summed E-state index contributed by atoms with van der Waals surface area (Å²) in [4.78, 5) is 28.6. The fourth-order valence-electron chi connectivity index (χ4n) is 4.66. The number of carbonyl (C=O) groups is 2. The number of hydrogen-bond donors (Lipinski definition) is 1. The topological polar surface area (TPSA) is 86.8 Å². The molecule has 0 aliphatic heterocycles.